The lowest BCUT2D eigenvalue weighted by Crippen LogP contribution is -2.04. The summed E-state index contributed by atoms with van der Waals surface area (Å²) < 4.78 is 20.0. The zero-order chi connectivity index (χ0) is 25.9. The number of nitrogens with zero attached hydrogens (tertiary/aromatic N) is 4. The van der Waals surface area contributed by atoms with Crippen LogP contribution >= 0.6 is 14.1 Å². The molecule has 0 heterocycles. The first-order chi connectivity index (χ1) is 17.4. The van der Waals surface area contributed by atoms with Gasteiger partial charge in [-0.2, -0.15) is 0 Å². The van der Waals surface area contributed by atoms with Crippen LogP contribution in [-0.2, 0) is 30.2 Å². The van der Waals surface area contributed by atoms with E-state index in [0.29, 0.717) is 11.5 Å². The number of aliphatic hydroxyl groups excluding tert-OH is 1. The van der Waals surface area contributed by atoms with E-state index in [-0.39, 0.29) is 6.61 Å². The molecule has 0 aliphatic rings. The van der Waals surface area contributed by atoms with E-state index in [0.717, 1.165) is 22.4 Å². The van der Waals surface area contributed by atoms with E-state index in [1.54, 1.807) is 67.5 Å². The summed E-state index contributed by atoms with van der Waals surface area (Å²) in [5.74, 6) is 2.07. The zero-order valence-corrected chi connectivity index (χ0v) is 23.4. The molecule has 2 unspecified atom stereocenters. The smallest absolute Gasteiger partial charge is 0.497 e. The Morgan fingerprint density at radius 3 is 1.50 bits per heavy atom. The second kappa shape index (κ2) is 13.9. The van der Waals surface area contributed by atoms with Crippen LogP contribution in [0.15, 0.2) is 83.0 Å². The van der Waals surface area contributed by atoms with Gasteiger partial charge in [-0.05, 0) is 77.4 Å². The van der Waals surface area contributed by atoms with Gasteiger partial charge in [0, 0.05) is 0 Å². The Bertz CT molecular complexity index is 1220. The Hall–Kier alpha value is -3.00. The van der Waals surface area contributed by atoms with Crippen molar-refractivity contribution in [2.75, 3.05) is 21.2 Å². The first kappa shape index (κ1) is 27.6. The summed E-state index contributed by atoms with van der Waals surface area (Å²) >= 11 is 10.9. The SMILES string of the molecule is COc1ccc(/C=N\N(C)[P+](=S)Oc2ccc(/C=N\N(C)[P+](=S)Oc3ccc(CO)cc3)cc2)cc1. The predicted octanol–water partition coefficient (Wildman–Crippen LogP) is 5.42. The third-order valence-electron chi connectivity index (χ3n) is 4.69. The lowest BCUT2D eigenvalue weighted by molar-refractivity contribution is 0.282. The zero-order valence-electron chi connectivity index (χ0n) is 20.0. The summed E-state index contributed by atoms with van der Waals surface area (Å²) in [4.78, 5) is 0. The average Bonchev–Trinajstić information content (AvgIpc) is 2.91. The molecule has 0 saturated carbocycles. The molecule has 36 heavy (non-hydrogen) atoms. The fraction of sp³-hybridized carbons (Fsp3) is 0.167. The summed E-state index contributed by atoms with van der Waals surface area (Å²) in [5, 5.41) is 17.9. The molecule has 0 saturated heterocycles. The first-order valence-electron chi connectivity index (χ1n) is 10.7. The van der Waals surface area contributed by atoms with Gasteiger partial charge in [0.25, 0.3) is 0 Å². The molecule has 12 heteroatoms. The van der Waals surface area contributed by atoms with Gasteiger partial charge < -0.3 is 9.84 Å². The maximum atomic E-state index is 9.13. The van der Waals surface area contributed by atoms with E-state index < -0.39 is 14.1 Å². The van der Waals surface area contributed by atoms with Gasteiger partial charge in [0.1, 0.15) is 5.75 Å². The summed E-state index contributed by atoms with van der Waals surface area (Å²) in [7, 11) is 2.42. The summed E-state index contributed by atoms with van der Waals surface area (Å²) in [6, 6.07) is 22.1. The largest absolute Gasteiger partial charge is 0.540 e. The van der Waals surface area contributed by atoms with Gasteiger partial charge in [0.2, 0.25) is 23.6 Å². The maximum Gasteiger partial charge on any atom is 0.540 e. The van der Waals surface area contributed by atoms with E-state index in [1.165, 1.54) is 0 Å². The van der Waals surface area contributed by atoms with Crippen molar-refractivity contribution >= 4 is 50.2 Å². The van der Waals surface area contributed by atoms with Crippen molar-refractivity contribution in [2.24, 2.45) is 10.2 Å². The van der Waals surface area contributed by atoms with Crippen LogP contribution in [0.25, 0.3) is 0 Å². The number of hydrogen-bond acceptors (Lipinski definition) is 8. The van der Waals surface area contributed by atoms with Gasteiger partial charge in [0.05, 0.1) is 40.2 Å². The van der Waals surface area contributed by atoms with Crippen molar-refractivity contribution in [1.82, 2.24) is 9.56 Å². The van der Waals surface area contributed by atoms with Crippen LogP contribution in [-0.4, -0.2) is 48.3 Å². The molecule has 186 valence electrons. The molecule has 0 amide bonds. The number of methoxy groups -OCH3 is 1. The van der Waals surface area contributed by atoms with Gasteiger partial charge in [-0.15, -0.1) is 10.2 Å². The highest BCUT2D eigenvalue weighted by Gasteiger charge is 2.21. The molecule has 0 spiro atoms. The maximum absolute atomic E-state index is 9.13. The van der Waals surface area contributed by atoms with E-state index in [9.17, 15) is 0 Å². The van der Waals surface area contributed by atoms with Crippen molar-refractivity contribution in [3.8, 4) is 17.2 Å². The molecule has 0 fully saturated rings. The molecule has 0 aliphatic heterocycles. The van der Waals surface area contributed by atoms with Crippen molar-refractivity contribution in [3.63, 3.8) is 0 Å². The first-order valence-corrected chi connectivity index (χ1v) is 15.1. The third kappa shape index (κ3) is 8.59. The number of hydrazone groups is 2. The minimum absolute atomic E-state index is 0.0136. The molecule has 0 aromatic heterocycles. The van der Waals surface area contributed by atoms with Crippen LogP contribution in [0.2, 0.25) is 0 Å². The van der Waals surface area contributed by atoms with Gasteiger partial charge in [-0.1, -0.05) is 21.7 Å². The molecular formula is C24H26N4O4P2S2+2. The van der Waals surface area contributed by atoms with E-state index >= 15 is 0 Å². The summed E-state index contributed by atoms with van der Waals surface area (Å²) in [6.45, 7) is -0.0136. The Kier molecular flexibility index (Phi) is 10.7. The lowest BCUT2D eigenvalue weighted by atomic mass is 10.2. The number of aliphatic hydroxyl groups is 1. The normalized spacial score (nSPS) is 11.9. The van der Waals surface area contributed by atoms with Crippen LogP contribution in [0.3, 0.4) is 0 Å². The monoisotopic (exact) mass is 560 g/mol. The minimum Gasteiger partial charge on any atom is -0.497 e. The minimum atomic E-state index is -1.38. The van der Waals surface area contributed by atoms with Crippen molar-refractivity contribution in [3.05, 3.63) is 89.5 Å². The molecule has 3 aromatic carbocycles. The molecule has 0 bridgehead atoms. The highest BCUT2D eigenvalue weighted by Crippen LogP contribution is 2.32. The lowest BCUT2D eigenvalue weighted by Gasteiger charge is -2.04. The highest BCUT2D eigenvalue weighted by atomic mass is 32.4. The standard InChI is InChI=1S/C24H26N4O4P2S2/c1-27(25-16-19-4-10-22(30-3)11-5-19)33(35)31-23-12-6-20(7-13-23)17-26-28(2)34(36)32-24-14-8-21(18-29)9-15-24/h4-17,29H,18H2,1-3H3/q+2/b25-16-,26-17-. The van der Waals surface area contributed by atoms with E-state index in [4.69, 9.17) is 42.5 Å². The number of ether oxygens (including phenoxy) is 1. The molecule has 0 aliphatic carbocycles. The van der Waals surface area contributed by atoms with Gasteiger partial charge in [0.15, 0.2) is 11.5 Å². The molecular weight excluding hydrogens is 534 g/mol. The Balaban J connectivity index is 1.50. The van der Waals surface area contributed by atoms with Crippen molar-refractivity contribution in [1.29, 1.82) is 0 Å². The Labute approximate surface area is 222 Å². The van der Waals surface area contributed by atoms with Crippen LogP contribution in [0.1, 0.15) is 16.7 Å². The molecule has 3 rings (SSSR count). The van der Waals surface area contributed by atoms with Crippen LogP contribution in [0.4, 0.5) is 0 Å². The van der Waals surface area contributed by atoms with Gasteiger partial charge in [-0.25, -0.2) is 0 Å². The fourth-order valence-electron chi connectivity index (χ4n) is 2.64. The second-order valence-corrected chi connectivity index (χ2v) is 11.6. The van der Waals surface area contributed by atoms with Crippen LogP contribution in [0, 0.1) is 0 Å². The topological polar surface area (TPSA) is 79.1 Å². The number of rotatable bonds is 12. The van der Waals surface area contributed by atoms with Crippen LogP contribution in [0.5, 0.6) is 17.2 Å². The average molecular weight is 561 g/mol. The van der Waals surface area contributed by atoms with Crippen molar-refractivity contribution < 1.29 is 18.9 Å². The quantitative estimate of drug-likeness (QED) is 0.179. The molecule has 2 atom stereocenters. The summed E-state index contributed by atoms with van der Waals surface area (Å²) in [6.07, 6.45) is 3.42. The fourth-order valence-corrected chi connectivity index (χ4v) is 4.53. The predicted molar refractivity (Wildman–Crippen MR) is 152 cm³/mol. The van der Waals surface area contributed by atoms with Crippen molar-refractivity contribution in [2.45, 2.75) is 6.61 Å². The highest BCUT2D eigenvalue weighted by molar-refractivity contribution is 8.02. The summed E-state index contributed by atoms with van der Waals surface area (Å²) in [5.41, 5.74) is 2.62. The van der Waals surface area contributed by atoms with Crippen LogP contribution < -0.4 is 13.8 Å². The molecule has 3 aromatic rings. The molecule has 1 N–H and O–H groups in total. The Morgan fingerprint density at radius 1 is 0.722 bits per heavy atom. The van der Waals surface area contributed by atoms with Gasteiger partial charge in [-0.3, -0.25) is 9.05 Å². The second-order valence-electron chi connectivity index (χ2n) is 7.27. The number of hydrogen-bond donors (Lipinski definition) is 1. The van der Waals surface area contributed by atoms with E-state index in [2.05, 4.69) is 10.2 Å². The molecule has 8 nitrogen and oxygen atoms in total. The Morgan fingerprint density at radius 2 is 1.11 bits per heavy atom. The third-order valence-corrected chi connectivity index (χ3v) is 8.44. The van der Waals surface area contributed by atoms with E-state index in [1.807, 2.05) is 48.5 Å². The molecule has 0 radical (unpaired) electrons. The van der Waals surface area contributed by atoms with Gasteiger partial charge >= 0.3 is 14.1 Å². The number of benzene rings is 3.